The van der Waals surface area contributed by atoms with Gasteiger partial charge in [0.05, 0.1) is 0 Å². The van der Waals surface area contributed by atoms with E-state index in [1.807, 2.05) is 0 Å². The largest absolute Gasteiger partial charge is 0.345 e. The van der Waals surface area contributed by atoms with Crippen LogP contribution in [-0.2, 0) is 0 Å². The van der Waals surface area contributed by atoms with Crippen molar-refractivity contribution in [3.63, 3.8) is 0 Å². The fourth-order valence-electron chi connectivity index (χ4n) is 1.27. The average molecular weight is 225 g/mol. The van der Waals surface area contributed by atoms with Gasteiger partial charge in [0, 0.05) is 20.2 Å². The molecule has 0 aliphatic heterocycles. The average Bonchev–Trinajstić information content (AvgIpc) is 2.66. The molecule has 0 fully saturated rings. The molecule has 0 aliphatic rings. The van der Waals surface area contributed by atoms with Gasteiger partial charge in [-0.1, -0.05) is 5.10 Å². The van der Waals surface area contributed by atoms with Crippen molar-refractivity contribution in [2.45, 2.75) is 0 Å². The highest BCUT2D eigenvalue weighted by Gasteiger charge is 2.13. The highest BCUT2D eigenvalue weighted by Crippen LogP contribution is 2.17. The Bertz CT molecular complexity index is 508. The maximum atomic E-state index is 13.5. The predicted octanol–water partition coefficient (Wildman–Crippen LogP) is 1.01. The van der Waals surface area contributed by atoms with Crippen molar-refractivity contribution < 1.29 is 8.78 Å². The van der Waals surface area contributed by atoms with Crippen LogP contribution in [0.25, 0.3) is 5.69 Å². The molecule has 2 rings (SSSR count). The zero-order valence-electron chi connectivity index (χ0n) is 8.72. The first-order chi connectivity index (χ1) is 7.59. The van der Waals surface area contributed by atoms with Crippen molar-refractivity contribution in [2.75, 3.05) is 19.0 Å². The summed E-state index contributed by atoms with van der Waals surface area (Å²) in [5, 5.41) is 10.8. The third kappa shape index (κ3) is 1.71. The third-order valence-corrected chi connectivity index (χ3v) is 1.99. The highest BCUT2D eigenvalue weighted by molar-refractivity contribution is 5.40. The van der Waals surface area contributed by atoms with Gasteiger partial charge in [-0.25, -0.2) is 8.78 Å². The summed E-state index contributed by atoms with van der Waals surface area (Å²) in [6, 6.07) is 3.23. The topological polar surface area (TPSA) is 46.8 Å². The molecule has 0 N–H and O–H groups in total. The zero-order valence-corrected chi connectivity index (χ0v) is 8.72. The van der Waals surface area contributed by atoms with E-state index in [2.05, 4.69) is 15.5 Å². The molecule has 0 radical (unpaired) electrons. The van der Waals surface area contributed by atoms with Crippen LogP contribution < -0.4 is 4.90 Å². The molecule has 0 aliphatic carbocycles. The Morgan fingerprint density at radius 1 is 1.25 bits per heavy atom. The number of hydrogen-bond acceptors (Lipinski definition) is 4. The van der Waals surface area contributed by atoms with Gasteiger partial charge in [0.2, 0.25) is 5.95 Å². The second-order valence-corrected chi connectivity index (χ2v) is 3.38. The van der Waals surface area contributed by atoms with Crippen molar-refractivity contribution in [1.29, 1.82) is 0 Å². The van der Waals surface area contributed by atoms with Crippen LogP contribution in [0.2, 0.25) is 0 Å². The number of anilines is 1. The lowest BCUT2D eigenvalue weighted by atomic mass is 10.3. The van der Waals surface area contributed by atoms with Crippen molar-refractivity contribution >= 4 is 5.95 Å². The molecule has 0 amide bonds. The van der Waals surface area contributed by atoms with Crippen molar-refractivity contribution in [3.8, 4) is 5.69 Å². The number of rotatable bonds is 2. The van der Waals surface area contributed by atoms with Crippen molar-refractivity contribution in [3.05, 3.63) is 29.8 Å². The monoisotopic (exact) mass is 225 g/mol. The van der Waals surface area contributed by atoms with E-state index in [1.165, 1.54) is 10.7 Å². The Labute approximate surface area is 90.3 Å². The Morgan fingerprint density at radius 3 is 2.62 bits per heavy atom. The predicted molar refractivity (Wildman–Crippen MR) is 53.4 cm³/mol. The summed E-state index contributed by atoms with van der Waals surface area (Å²) < 4.78 is 27.4. The Kier molecular flexibility index (Phi) is 2.51. The van der Waals surface area contributed by atoms with Gasteiger partial charge in [-0.15, -0.1) is 0 Å². The van der Waals surface area contributed by atoms with Gasteiger partial charge in [-0.2, -0.15) is 4.68 Å². The van der Waals surface area contributed by atoms with Gasteiger partial charge in [0.15, 0.2) is 5.82 Å². The molecule has 1 aromatic carbocycles. The zero-order chi connectivity index (χ0) is 11.7. The standard InChI is InChI=1S/C9H9F2N5/c1-15(2)9-12-13-14-16(9)8-4-3-6(10)5-7(8)11/h3-5H,1-2H3. The van der Waals surface area contributed by atoms with Crippen LogP contribution in [0, 0.1) is 11.6 Å². The van der Waals surface area contributed by atoms with Crippen molar-refractivity contribution in [1.82, 2.24) is 20.2 Å². The molecule has 0 unspecified atom stereocenters. The number of tetrazole rings is 1. The fourth-order valence-corrected chi connectivity index (χ4v) is 1.27. The maximum absolute atomic E-state index is 13.5. The van der Waals surface area contributed by atoms with Gasteiger partial charge in [0.1, 0.15) is 11.5 Å². The molecule has 1 heterocycles. The van der Waals surface area contributed by atoms with Gasteiger partial charge < -0.3 is 4.90 Å². The molecule has 7 heteroatoms. The second kappa shape index (κ2) is 3.84. The van der Waals surface area contributed by atoms with E-state index in [0.29, 0.717) is 5.95 Å². The number of benzene rings is 1. The van der Waals surface area contributed by atoms with Crippen LogP contribution in [-0.4, -0.2) is 34.3 Å². The molecule has 0 spiro atoms. The van der Waals surface area contributed by atoms with Crippen LogP contribution in [0.1, 0.15) is 0 Å². The molecule has 0 saturated heterocycles. The van der Waals surface area contributed by atoms with Crippen LogP contribution in [0.3, 0.4) is 0 Å². The molecule has 16 heavy (non-hydrogen) atoms. The quantitative estimate of drug-likeness (QED) is 0.765. The third-order valence-electron chi connectivity index (χ3n) is 1.99. The SMILES string of the molecule is CN(C)c1nnnn1-c1ccc(F)cc1F. The first kappa shape index (κ1) is 10.5. The summed E-state index contributed by atoms with van der Waals surface area (Å²) in [5.41, 5.74) is 0.107. The lowest BCUT2D eigenvalue weighted by molar-refractivity contribution is 0.571. The minimum absolute atomic E-state index is 0.107. The van der Waals surface area contributed by atoms with E-state index < -0.39 is 11.6 Å². The van der Waals surface area contributed by atoms with Gasteiger partial charge >= 0.3 is 0 Å². The van der Waals surface area contributed by atoms with Crippen molar-refractivity contribution in [2.24, 2.45) is 0 Å². The van der Waals surface area contributed by atoms with Crippen LogP contribution in [0.5, 0.6) is 0 Å². The minimum atomic E-state index is -0.713. The molecule has 0 atom stereocenters. The molecule has 2 aromatic rings. The summed E-state index contributed by atoms with van der Waals surface area (Å²) in [6.45, 7) is 0. The molecule has 5 nitrogen and oxygen atoms in total. The van der Waals surface area contributed by atoms with E-state index in [4.69, 9.17) is 0 Å². The van der Waals surface area contributed by atoms with Gasteiger partial charge in [-0.3, -0.25) is 0 Å². The highest BCUT2D eigenvalue weighted by atomic mass is 19.1. The van der Waals surface area contributed by atoms with E-state index in [0.717, 1.165) is 12.1 Å². The van der Waals surface area contributed by atoms with Crippen LogP contribution in [0.15, 0.2) is 18.2 Å². The lowest BCUT2D eigenvalue weighted by Crippen LogP contribution is -2.16. The summed E-state index contributed by atoms with van der Waals surface area (Å²) in [7, 11) is 3.45. The molecule has 0 saturated carbocycles. The fraction of sp³-hybridized carbons (Fsp3) is 0.222. The summed E-state index contributed by atoms with van der Waals surface area (Å²) in [5.74, 6) is -0.985. The first-order valence-electron chi connectivity index (χ1n) is 4.50. The van der Waals surface area contributed by atoms with Gasteiger partial charge in [-0.05, 0) is 22.6 Å². The lowest BCUT2D eigenvalue weighted by Gasteiger charge is -2.11. The molecule has 0 bridgehead atoms. The summed E-state index contributed by atoms with van der Waals surface area (Å²) in [4.78, 5) is 1.63. The van der Waals surface area contributed by atoms with E-state index in [9.17, 15) is 8.78 Å². The maximum Gasteiger partial charge on any atom is 0.249 e. The second-order valence-electron chi connectivity index (χ2n) is 3.38. The minimum Gasteiger partial charge on any atom is -0.345 e. The number of nitrogens with zero attached hydrogens (tertiary/aromatic N) is 5. The molecular weight excluding hydrogens is 216 g/mol. The molecule has 1 aromatic heterocycles. The van der Waals surface area contributed by atoms with E-state index >= 15 is 0 Å². The normalized spacial score (nSPS) is 10.5. The summed E-state index contributed by atoms with van der Waals surface area (Å²) >= 11 is 0. The van der Waals surface area contributed by atoms with E-state index in [-0.39, 0.29) is 5.69 Å². The molecular formula is C9H9F2N5. The summed E-state index contributed by atoms with van der Waals surface area (Å²) in [6.07, 6.45) is 0. The first-order valence-corrected chi connectivity index (χ1v) is 4.50. The van der Waals surface area contributed by atoms with Crippen LogP contribution in [0.4, 0.5) is 14.7 Å². The molecule has 84 valence electrons. The number of halogens is 2. The Hall–Kier alpha value is -2.05. The Balaban J connectivity index is 2.54. The Morgan fingerprint density at radius 2 is 2.00 bits per heavy atom. The number of hydrogen-bond donors (Lipinski definition) is 0. The van der Waals surface area contributed by atoms with E-state index in [1.54, 1.807) is 19.0 Å². The van der Waals surface area contributed by atoms with Gasteiger partial charge in [0.25, 0.3) is 0 Å². The smallest absolute Gasteiger partial charge is 0.249 e. The number of aromatic nitrogens is 4. The van der Waals surface area contributed by atoms with Crippen LogP contribution >= 0.6 is 0 Å².